The molecule has 0 radical (unpaired) electrons. The van der Waals surface area contributed by atoms with Crippen LogP contribution in [0, 0.1) is 17.2 Å². The van der Waals surface area contributed by atoms with Gasteiger partial charge in [-0.05, 0) is 45.4 Å². The molecule has 22 heavy (non-hydrogen) atoms. The fourth-order valence-corrected chi connectivity index (χ4v) is 2.70. The number of ether oxygens (including phenoxy) is 1. The average molecular weight is 323 g/mol. The minimum Gasteiger partial charge on any atom is -0.444 e. The van der Waals surface area contributed by atoms with Gasteiger partial charge in [0.25, 0.3) is 0 Å². The van der Waals surface area contributed by atoms with Crippen molar-refractivity contribution in [3.05, 3.63) is 21.9 Å². The van der Waals surface area contributed by atoms with E-state index in [2.05, 4.69) is 18.3 Å². The topological polar surface area (TPSA) is 65.4 Å². The molecule has 0 bridgehead atoms. The van der Waals surface area contributed by atoms with Gasteiger partial charge in [0, 0.05) is 25.0 Å². The van der Waals surface area contributed by atoms with E-state index in [1.165, 1.54) is 11.3 Å². The first kappa shape index (κ1) is 18.5. The predicted molar refractivity (Wildman–Crippen MR) is 88.8 cm³/mol. The molecule has 1 atom stereocenters. The minimum atomic E-state index is -0.468. The van der Waals surface area contributed by atoms with Crippen LogP contribution in [0.1, 0.15) is 37.4 Å². The van der Waals surface area contributed by atoms with Crippen molar-refractivity contribution in [3.63, 3.8) is 0 Å². The van der Waals surface area contributed by atoms with Crippen molar-refractivity contribution in [1.82, 2.24) is 10.2 Å². The van der Waals surface area contributed by atoms with Crippen molar-refractivity contribution in [1.29, 1.82) is 5.26 Å². The molecule has 1 N–H and O–H groups in total. The Bertz CT molecular complexity index is 528. The van der Waals surface area contributed by atoms with E-state index in [0.717, 1.165) is 22.8 Å². The molecule has 0 aliphatic carbocycles. The van der Waals surface area contributed by atoms with Crippen LogP contribution < -0.4 is 5.32 Å². The van der Waals surface area contributed by atoms with Crippen LogP contribution in [0.2, 0.25) is 0 Å². The summed E-state index contributed by atoms with van der Waals surface area (Å²) >= 11 is 1.50. The van der Waals surface area contributed by atoms with Crippen molar-refractivity contribution in [2.75, 3.05) is 20.1 Å². The Morgan fingerprint density at radius 1 is 1.50 bits per heavy atom. The second-order valence-corrected chi connectivity index (χ2v) is 7.64. The van der Waals surface area contributed by atoms with Gasteiger partial charge in [-0.1, -0.05) is 6.92 Å². The standard InChI is InChI=1S/C16H25N3O2S/c1-12(11-19(5)15(20)21-16(2,3)4)9-18-10-14-7-6-13(8-17)22-14/h6-7,12,18H,9-11H2,1-5H3. The Hall–Kier alpha value is -1.58. The van der Waals surface area contributed by atoms with Gasteiger partial charge in [0.2, 0.25) is 0 Å². The molecule has 1 aromatic heterocycles. The third-order valence-electron chi connectivity index (χ3n) is 2.85. The van der Waals surface area contributed by atoms with Crippen LogP contribution in [0.4, 0.5) is 4.79 Å². The quantitative estimate of drug-likeness (QED) is 0.873. The molecular formula is C16H25N3O2S. The summed E-state index contributed by atoms with van der Waals surface area (Å²) in [5, 5.41) is 12.1. The summed E-state index contributed by atoms with van der Waals surface area (Å²) in [4.78, 5) is 15.4. The van der Waals surface area contributed by atoms with E-state index in [1.807, 2.05) is 32.9 Å². The highest BCUT2D eigenvalue weighted by Crippen LogP contribution is 2.15. The van der Waals surface area contributed by atoms with Crippen molar-refractivity contribution in [2.45, 2.75) is 39.8 Å². The number of carbonyl (C=O) groups excluding carboxylic acids is 1. The van der Waals surface area contributed by atoms with E-state index in [-0.39, 0.29) is 6.09 Å². The molecule has 0 saturated heterocycles. The summed E-state index contributed by atoms with van der Waals surface area (Å²) in [5.74, 6) is 0.313. The van der Waals surface area contributed by atoms with Gasteiger partial charge in [0.1, 0.15) is 16.5 Å². The third-order valence-corrected chi connectivity index (χ3v) is 3.84. The molecule has 122 valence electrons. The minimum absolute atomic E-state index is 0.295. The number of nitrogens with one attached hydrogen (secondary N) is 1. The Labute approximate surface area is 136 Å². The maximum absolute atomic E-state index is 11.9. The first-order valence-electron chi connectivity index (χ1n) is 7.35. The van der Waals surface area contributed by atoms with Gasteiger partial charge in [-0.15, -0.1) is 11.3 Å². The fraction of sp³-hybridized carbons (Fsp3) is 0.625. The predicted octanol–water partition coefficient (Wildman–Crippen LogP) is 3.21. The second kappa shape index (κ2) is 8.16. The van der Waals surface area contributed by atoms with Crippen molar-refractivity contribution < 1.29 is 9.53 Å². The maximum Gasteiger partial charge on any atom is 0.410 e. The van der Waals surface area contributed by atoms with E-state index in [4.69, 9.17) is 10.00 Å². The van der Waals surface area contributed by atoms with Gasteiger partial charge in [-0.3, -0.25) is 0 Å². The number of carbonyl (C=O) groups is 1. The Morgan fingerprint density at radius 3 is 2.73 bits per heavy atom. The van der Waals surface area contributed by atoms with Crippen LogP contribution in [0.3, 0.4) is 0 Å². The van der Waals surface area contributed by atoms with E-state index in [0.29, 0.717) is 12.5 Å². The summed E-state index contributed by atoms with van der Waals surface area (Å²) in [7, 11) is 1.75. The zero-order valence-electron chi connectivity index (χ0n) is 14.0. The van der Waals surface area contributed by atoms with Gasteiger partial charge >= 0.3 is 6.09 Å². The van der Waals surface area contributed by atoms with Crippen LogP contribution in [0.5, 0.6) is 0 Å². The van der Waals surface area contributed by atoms with Crippen LogP contribution in [-0.2, 0) is 11.3 Å². The van der Waals surface area contributed by atoms with Crippen LogP contribution in [0.25, 0.3) is 0 Å². The zero-order valence-corrected chi connectivity index (χ0v) is 14.8. The summed E-state index contributed by atoms with van der Waals surface area (Å²) in [6.07, 6.45) is -0.295. The van der Waals surface area contributed by atoms with Crippen LogP contribution >= 0.6 is 11.3 Å². The molecule has 0 aromatic carbocycles. The van der Waals surface area contributed by atoms with E-state index in [9.17, 15) is 4.79 Å². The Morgan fingerprint density at radius 2 is 2.18 bits per heavy atom. The first-order chi connectivity index (χ1) is 10.2. The summed E-state index contributed by atoms with van der Waals surface area (Å²) in [6, 6.07) is 5.94. The number of nitriles is 1. The first-order valence-corrected chi connectivity index (χ1v) is 8.16. The highest BCUT2D eigenvalue weighted by Gasteiger charge is 2.20. The van der Waals surface area contributed by atoms with Crippen LogP contribution in [0.15, 0.2) is 12.1 Å². The fourth-order valence-electron chi connectivity index (χ4n) is 1.92. The molecular weight excluding hydrogens is 298 g/mol. The summed E-state index contributed by atoms with van der Waals surface area (Å²) in [6.45, 7) is 9.85. The number of rotatable bonds is 6. The largest absolute Gasteiger partial charge is 0.444 e. The Kier molecular flexibility index (Phi) is 6.85. The monoisotopic (exact) mass is 323 g/mol. The molecule has 0 aliphatic rings. The number of amides is 1. The highest BCUT2D eigenvalue weighted by atomic mass is 32.1. The molecule has 5 nitrogen and oxygen atoms in total. The van der Waals surface area contributed by atoms with Gasteiger partial charge in [-0.25, -0.2) is 4.79 Å². The normalized spacial score (nSPS) is 12.5. The zero-order chi connectivity index (χ0) is 16.8. The van der Waals surface area contributed by atoms with Crippen molar-refractivity contribution in [3.8, 4) is 6.07 Å². The van der Waals surface area contributed by atoms with Gasteiger partial charge < -0.3 is 15.0 Å². The number of hydrogen-bond acceptors (Lipinski definition) is 5. The molecule has 1 amide bonds. The number of hydrogen-bond donors (Lipinski definition) is 1. The molecule has 0 saturated carbocycles. The lowest BCUT2D eigenvalue weighted by Gasteiger charge is -2.26. The smallest absolute Gasteiger partial charge is 0.410 e. The lowest BCUT2D eigenvalue weighted by Crippen LogP contribution is -2.38. The lowest BCUT2D eigenvalue weighted by molar-refractivity contribution is 0.0277. The molecule has 1 heterocycles. The molecule has 6 heteroatoms. The molecule has 1 rings (SSSR count). The van der Waals surface area contributed by atoms with Crippen molar-refractivity contribution >= 4 is 17.4 Å². The Balaban J connectivity index is 2.29. The van der Waals surface area contributed by atoms with Gasteiger partial charge in [0.05, 0.1) is 0 Å². The summed E-state index contributed by atoms with van der Waals surface area (Å²) < 4.78 is 5.33. The lowest BCUT2D eigenvalue weighted by atomic mass is 10.1. The maximum atomic E-state index is 11.9. The molecule has 1 unspecified atom stereocenters. The van der Waals surface area contributed by atoms with E-state index in [1.54, 1.807) is 11.9 Å². The van der Waals surface area contributed by atoms with E-state index < -0.39 is 5.60 Å². The third kappa shape index (κ3) is 6.92. The average Bonchev–Trinajstić information content (AvgIpc) is 2.84. The van der Waals surface area contributed by atoms with Crippen molar-refractivity contribution in [2.24, 2.45) is 5.92 Å². The van der Waals surface area contributed by atoms with E-state index >= 15 is 0 Å². The van der Waals surface area contributed by atoms with Crippen LogP contribution in [-0.4, -0.2) is 36.7 Å². The molecule has 0 aliphatic heterocycles. The number of thiophene rings is 1. The van der Waals surface area contributed by atoms with Gasteiger partial charge in [-0.2, -0.15) is 5.26 Å². The molecule has 0 spiro atoms. The summed E-state index contributed by atoms with van der Waals surface area (Å²) in [5.41, 5.74) is -0.468. The molecule has 1 aromatic rings. The highest BCUT2D eigenvalue weighted by molar-refractivity contribution is 7.12. The second-order valence-electron chi connectivity index (χ2n) is 6.47. The molecule has 0 fully saturated rings. The SMILES string of the molecule is CC(CNCc1ccc(C#N)s1)CN(C)C(=O)OC(C)(C)C. The number of nitrogens with zero attached hydrogens (tertiary/aromatic N) is 2. The van der Waals surface area contributed by atoms with Gasteiger partial charge in [0.15, 0.2) is 0 Å².